The largest absolute Gasteiger partial charge is 0.480 e. The third kappa shape index (κ3) is 5.86. The molecule has 0 aliphatic rings. The van der Waals surface area contributed by atoms with Gasteiger partial charge in [0, 0.05) is 0 Å². The number of carboxylic acids is 1. The Hall–Kier alpha value is -1.56. The molecule has 1 rings (SSSR count). The summed E-state index contributed by atoms with van der Waals surface area (Å²) in [5.74, 6) is -0.975. The number of hydrogen-bond donors (Lipinski definition) is 2. The van der Waals surface area contributed by atoms with E-state index in [1.54, 1.807) is 6.07 Å². The molecule has 0 bridgehead atoms. The Morgan fingerprint density at radius 2 is 1.91 bits per heavy atom. The second-order valence-corrected chi connectivity index (χ2v) is 6.25. The van der Waals surface area contributed by atoms with E-state index in [2.05, 4.69) is 0 Å². The Balaban J connectivity index is 2.64. The molecule has 0 aliphatic carbocycles. The van der Waals surface area contributed by atoms with Crippen molar-refractivity contribution in [3.8, 4) is 0 Å². The van der Waals surface area contributed by atoms with Crippen LogP contribution < -0.4 is 5.73 Å². The van der Waals surface area contributed by atoms with E-state index in [1.807, 2.05) is 6.92 Å². The smallest absolute Gasteiger partial charge is 0.416 e. The first-order chi connectivity index (χ1) is 10.6. The van der Waals surface area contributed by atoms with Crippen LogP contribution in [0.25, 0.3) is 0 Å². The molecule has 1 aromatic rings. The highest BCUT2D eigenvalue weighted by atomic mass is 19.4. The number of alkyl halides is 3. The quantitative estimate of drug-likeness (QED) is 0.748. The van der Waals surface area contributed by atoms with Crippen LogP contribution in [0.4, 0.5) is 13.2 Å². The lowest BCUT2D eigenvalue weighted by Gasteiger charge is -2.25. The number of aryl methyl sites for hydroxylation is 1. The van der Waals surface area contributed by atoms with Crippen molar-refractivity contribution in [2.75, 3.05) is 0 Å². The molecule has 2 atom stereocenters. The van der Waals surface area contributed by atoms with E-state index >= 15 is 0 Å². The lowest BCUT2D eigenvalue weighted by molar-refractivity contribution is -0.143. The Kier molecular flexibility index (Phi) is 6.62. The average Bonchev–Trinajstić information content (AvgIpc) is 2.45. The topological polar surface area (TPSA) is 63.3 Å². The van der Waals surface area contributed by atoms with Crippen LogP contribution in [0.3, 0.4) is 0 Å². The highest BCUT2D eigenvalue weighted by Gasteiger charge is 2.33. The number of aliphatic carboxylic acids is 1. The summed E-state index contributed by atoms with van der Waals surface area (Å²) in [6.45, 7) is 3.41. The molecule has 0 amide bonds. The number of carbonyl (C=O) groups is 1. The van der Waals surface area contributed by atoms with Gasteiger partial charge in [0.1, 0.15) is 5.54 Å². The van der Waals surface area contributed by atoms with Gasteiger partial charge >= 0.3 is 12.1 Å². The molecule has 0 radical (unpaired) electrons. The highest BCUT2D eigenvalue weighted by Crippen LogP contribution is 2.33. The van der Waals surface area contributed by atoms with Crippen LogP contribution in [0.1, 0.15) is 50.7 Å². The Labute approximate surface area is 134 Å². The predicted molar refractivity (Wildman–Crippen MR) is 83.0 cm³/mol. The van der Waals surface area contributed by atoms with Gasteiger partial charge in [-0.05, 0) is 43.7 Å². The Morgan fingerprint density at radius 3 is 2.43 bits per heavy atom. The number of hydrogen-bond acceptors (Lipinski definition) is 2. The molecular formula is C17H24F3NO2. The molecule has 3 nitrogen and oxygen atoms in total. The summed E-state index contributed by atoms with van der Waals surface area (Å²) in [5, 5.41) is 9.07. The molecule has 0 saturated heterocycles. The van der Waals surface area contributed by atoms with Gasteiger partial charge in [0.25, 0.3) is 0 Å². The van der Waals surface area contributed by atoms with Crippen molar-refractivity contribution in [2.24, 2.45) is 11.7 Å². The van der Waals surface area contributed by atoms with Crippen LogP contribution >= 0.6 is 0 Å². The SMILES string of the molecule is CCC(CCCc1ccccc1C(F)(F)F)CC(C)(N)C(=O)O. The zero-order valence-electron chi connectivity index (χ0n) is 13.5. The van der Waals surface area contributed by atoms with Gasteiger partial charge in [0.05, 0.1) is 5.56 Å². The molecule has 2 unspecified atom stereocenters. The average molecular weight is 331 g/mol. The van der Waals surface area contributed by atoms with E-state index in [0.717, 1.165) is 12.5 Å². The number of halogens is 3. The normalized spacial score (nSPS) is 15.9. The zero-order chi connectivity index (χ0) is 17.7. The fraction of sp³-hybridized carbons (Fsp3) is 0.588. The van der Waals surface area contributed by atoms with Gasteiger partial charge in [-0.2, -0.15) is 13.2 Å². The number of carboxylic acid groups (broad SMARTS) is 1. The molecule has 0 aliphatic heterocycles. The predicted octanol–water partition coefficient (Wildman–Crippen LogP) is 4.25. The third-order valence-corrected chi connectivity index (χ3v) is 4.16. The minimum Gasteiger partial charge on any atom is -0.480 e. The number of nitrogens with two attached hydrogens (primary N) is 1. The summed E-state index contributed by atoms with van der Waals surface area (Å²) in [4.78, 5) is 11.1. The maximum Gasteiger partial charge on any atom is 0.416 e. The van der Waals surface area contributed by atoms with Gasteiger partial charge in [-0.25, -0.2) is 0 Å². The number of rotatable bonds is 8. The summed E-state index contributed by atoms with van der Waals surface area (Å²) in [7, 11) is 0. The molecule has 1 aromatic carbocycles. The maximum absolute atomic E-state index is 12.9. The zero-order valence-corrected chi connectivity index (χ0v) is 13.5. The minimum atomic E-state index is -4.35. The first-order valence-corrected chi connectivity index (χ1v) is 7.75. The molecule has 0 aromatic heterocycles. The van der Waals surface area contributed by atoms with Crippen molar-refractivity contribution >= 4 is 5.97 Å². The van der Waals surface area contributed by atoms with Crippen molar-refractivity contribution in [2.45, 2.75) is 57.7 Å². The molecule has 0 spiro atoms. The first-order valence-electron chi connectivity index (χ1n) is 7.75. The molecule has 0 saturated carbocycles. The van der Waals surface area contributed by atoms with Crippen LogP contribution in [0.15, 0.2) is 24.3 Å². The Bertz CT molecular complexity index is 527. The van der Waals surface area contributed by atoms with Gasteiger partial charge in [-0.3, -0.25) is 4.79 Å². The van der Waals surface area contributed by atoms with Crippen LogP contribution in [0.5, 0.6) is 0 Å². The van der Waals surface area contributed by atoms with Crippen LogP contribution in [-0.4, -0.2) is 16.6 Å². The molecule has 130 valence electrons. The maximum atomic E-state index is 12.9. The second kappa shape index (κ2) is 7.81. The standard InChI is InChI=1S/C17H24F3NO2/c1-3-12(11-16(2,21)15(22)23)7-6-9-13-8-4-5-10-14(13)17(18,19)20/h4-5,8,10,12H,3,6-7,9,11,21H2,1-2H3,(H,22,23). The van der Waals surface area contributed by atoms with Gasteiger partial charge < -0.3 is 10.8 Å². The fourth-order valence-corrected chi connectivity index (χ4v) is 2.73. The van der Waals surface area contributed by atoms with Gasteiger partial charge in [-0.1, -0.05) is 38.0 Å². The summed E-state index contributed by atoms with van der Waals surface area (Å²) in [6, 6.07) is 5.57. The van der Waals surface area contributed by atoms with Crippen LogP contribution in [0.2, 0.25) is 0 Å². The molecule has 6 heteroatoms. The summed E-state index contributed by atoms with van der Waals surface area (Å²) < 4.78 is 38.8. The van der Waals surface area contributed by atoms with E-state index in [-0.39, 0.29) is 11.5 Å². The molecule has 23 heavy (non-hydrogen) atoms. The highest BCUT2D eigenvalue weighted by molar-refractivity contribution is 5.77. The van der Waals surface area contributed by atoms with Gasteiger partial charge in [0.2, 0.25) is 0 Å². The summed E-state index contributed by atoms with van der Waals surface area (Å²) >= 11 is 0. The fourth-order valence-electron chi connectivity index (χ4n) is 2.73. The van der Waals surface area contributed by atoms with Gasteiger partial charge in [0.15, 0.2) is 0 Å². The minimum absolute atomic E-state index is 0.0825. The van der Waals surface area contributed by atoms with Gasteiger partial charge in [-0.15, -0.1) is 0 Å². The van der Waals surface area contributed by atoms with Crippen molar-refractivity contribution in [3.63, 3.8) is 0 Å². The summed E-state index contributed by atoms with van der Waals surface area (Å²) in [5.41, 5.74) is 4.14. The second-order valence-electron chi connectivity index (χ2n) is 6.25. The van der Waals surface area contributed by atoms with E-state index in [0.29, 0.717) is 25.7 Å². The summed E-state index contributed by atoms with van der Waals surface area (Å²) in [6.07, 6.45) is -1.73. The van der Waals surface area contributed by atoms with E-state index in [4.69, 9.17) is 10.8 Å². The van der Waals surface area contributed by atoms with E-state index in [9.17, 15) is 18.0 Å². The third-order valence-electron chi connectivity index (χ3n) is 4.16. The van der Waals surface area contributed by atoms with E-state index in [1.165, 1.54) is 19.1 Å². The van der Waals surface area contributed by atoms with Crippen LogP contribution in [0, 0.1) is 5.92 Å². The van der Waals surface area contributed by atoms with Crippen molar-refractivity contribution in [3.05, 3.63) is 35.4 Å². The number of benzene rings is 1. The molecule has 3 N–H and O–H groups in total. The van der Waals surface area contributed by atoms with Crippen molar-refractivity contribution in [1.82, 2.24) is 0 Å². The van der Waals surface area contributed by atoms with E-state index < -0.39 is 23.2 Å². The first kappa shape index (κ1) is 19.5. The molecular weight excluding hydrogens is 307 g/mol. The van der Waals surface area contributed by atoms with Crippen molar-refractivity contribution < 1.29 is 23.1 Å². The monoisotopic (exact) mass is 331 g/mol. The lowest BCUT2D eigenvalue weighted by Crippen LogP contribution is -2.46. The molecule has 0 heterocycles. The Morgan fingerprint density at radius 1 is 1.30 bits per heavy atom. The molecule has 0 fully saturated rings. The lowest BCUT2D eigenvalue weighted by atomic mass is 9.84. The van der Waals surface area contributed by atoms with Crippen LogP contribution in [-0.2, 0) is 17.4 Å². The van der Waals surface area contributed by atoms with Crippen molar-refractivity contribution in [1.29, 1.82) is 0 Å².